The van der Waals surface area contributed by atoms with Crippen molar-refractivity contribution in [1.82, 2.24) is 10.2 Å². The van der Waals surface area contributed by atoms with E-state index in [4.69, 9.17) is 4.74 Å². The Labute approximate surface area is 176 Å². The molecule has 1 saturated heterocycles. The first-order valence-corrected chi connectivity index (χ1v) is 12.2. The SMILES string of the molecule is CCOc1ccccc1N1CCN(C(=O)C(CC(SC)SC)NC(C)=O)CC1. The monoisotopic (exact) mass is 425 g/mol. The van der Waals surface area contributed by atoms with Crippen molar-refractivity contribution in [1.29, 1.82) is 0 Å². The Morgan fingerprint density at radius 2 is 1.79 bits per heavy atom. The van der Waals surface area contributed by atoms with Crippen LogP contribution in [0.2, 0.25) is 0 Å². The summed E-state index contributed by atoms with van der Waals surface area (Å²) in [4.78, 5) is 28.8. The quantitative estimate of drug-likeness (QED) is 0.614. The summed E-state index contributed by atoms with van der Waals surface area (Å²) >= 11 is 3.42. The third kappa shape index (κ3) is 6.24. The molecule has 1 atom stereocenters. The standard InChI is InChI=1S/C20H31N3O3S2/c1-5-26-18-9-7-6-8-17(18)22-10-12-23(13-11-22)20(25)16(21-15(2)24)14-19(27-3)28-4/h6-9,16,19H,5,10-14H2,1-4H3,(H,21,24). The van der Waals surface area contributed by atoms with Crippen molar-refractivity contribution in [2.75, 3.05) is 50.2 Å². The maximum absolute atomic E-state index is 13.1. The van der Waals surface area contributed by atoms with E-state index in [-0.39, 0.29) is 16.4 Å². The third-order valence-electron chi connectivity index (χ3n) is 4.73. The van der Waals surface area contributed by atoms with E-state index in [1.807, 2.05) is 42.5 Å². The highest BCUT2D eigenvalue weighted by atomic mass is 32.2. The van der Waals surface area contributed by atoms with Gasteiger partial charge in [-0.15, -0.1) is 0 Å². The molecule has 1 heterocycles. The molecule has 2 amide bonds. The number of benzene rings is 1. The van der Waals surface area contributed by atoms with E-state index in [1.54, 1.807) is 23.5 Å². The minimum absolute atomic E-state index is 0.0149. The topological polar surface area (TPSA) is 61.9 Å². The molecule has 1 aliphatic rings. The van der Waals surface area contributed by atoms with Crippen molar-refractivity contribution in [2.45, 2.75) is 30.9 Å². The summed E-state index contributed by atoms with van der Waals surface area (Å²) in [5.41, 5.74) is 1.07. The number of para-hydroxylation sites is 2. The Hall–Kier alpha value is -1.54. The molecule has 8 heteroatoms. The molecule has 1 N–H and O–H groups in total. The summed E-state index contributed by atoms with van der Waals surface area (Å²) < 4.78 is 6.02. The number of carbonyl (C=O) groups is 2. The van der Waals surface area contributed by atoms with Crippen LogP contribution in [0.25, 0.3) is 0 Å². The zero-order valence-corrected chi connectivity index (χ0v) is 18.8. The zero-order valence-electron chi connectivity index (χ0n) is 17.1. The maximum atomic E-state index is 13.1. The van der Waals surface area contributed by atoms with Gasteiger partial charge in [-0.05, 0) is 38.0 Å². The summed E-state index contributed by atoms with van der Waals surface area (Å²) in [7, 11) is 0. The van der Waals surface area contributed by atoms with Gasteiger partial charge in [0.25, 0.3) is 0 Å². The van der Waals surface area contributed by atoms with E-state index < -0.39 is 6.04 Å². The molecule has 0 aromatic heterocycles. The maximum Gasteiger partial charge on any atom is 0.245 e. The van der Waals surface area contributed by atoms with Gasteiger partial charge in [0.1, 0.15) is 11.8 Å². The number of nitrogens with one attached hydrogen (secondary N) is 1. The summed E-state index contributed by atoms with van der Waals surface area (Å²) in [6.07, 6.45) is 4.70. The van der Waals surface area contributed by atoms with Crippen LogP contribution in [0, 0.1) is 0 Å². The Balaban J connectivity index is 2.01. The predicted molar refractivity (Wildman–Crippen MR) is 119 cm³/mol. The van der Waals surface area contributed by atoms with Crippen LogP contribution < -0.4 is 15.0 Å². The van der Waals surface area contributed by atoms with Crippen molar-refractivity contribution in [2.24, 2.45) is 0 Å². The molecular weight excluding hydrogens is 394 g/mol. The molecule has 0 radical (unpaired) electrons. The van der Waals surface area contributed by atoms with E-state index in [0.717, 1.165) is 24.5 Å². The van der Waals surface area contributed by atoms with E-state index in [9.17, 15) is 9.59 Å². The normalized spacial score (nSPS) is 15.5. The molecule has 28 heavy (non-hydrogen) atoms. The molecule has 1 aliphatic heterocycles. The second-order valence-electron chi connectivity index (χ2n) is 6.60. The minimum Gasteiger partial charge on any atom is -0.492 e. The van der Waals surface area contributed by atoms with Gasteiger partial charge in [-0.2, -0.15) is 23.5 Å². The van der Waals surface area contributed by atoms with Crippen molar-refractivity contribution in [3.8, 4) is 5.75 Å². The number of carbonyl (C=O) groups excluding carboxylic acids is 2. The molecule has 0 bridgehead atoms. The van der Waals surface area contributed by atoms with Gasteiger partial charge < -0.3 is 19.9 Å². The third-order valence-corrected chi connectivity index (χ3v) is 7.32. The first-order chi connectivity index (χ1) is 13.5. The second-order valence-corrected chi connectivity index (χ2v) is 8.98. The number of nitrogens with zero attached hydrogens (tertiary/aromatic N) is 2. The van der Waals surface area contributed by atoms with Gasteiger partial charge in [-0.1, -0.05) is 12.1 Å². The molecule has 6 nitrogen and oxygen atoms in total. The summed E-state index contributed by atoms with van der Waals surface area (Å²) in [5.74, 6) is 0.730. The largest absolute Gasteiger partial charge is 0.492 e. The van der Waals surface area contributed by atoms with Crippen LogP contribution in [0.1, 0.15) is 20.3 Å². The smallest absolute Gasteiger partial charge is 0.245 e. The number of anilines is 1. The van der Waals surface area contributed by atoms with Gasteiger partial charge in [0, 0.05) is 33.1 Å². The van der Waals surface area contributed by atoms with Crippen molar-refractivity contribution in [3.05, 3.63) is 24.3 Å². The van der Waals surface area contributed by atoms with Gasteiger partial charge in [0.15, 0.2) is 0 Å². The first kappa shape index (κ1) is 22.7. The van der Waals surface area contributed by atoms with Gasteiger partial charge >= 0.3 is 0 Å². The number of hydrogen-bond acceptors (Lipinski definition) is 6. The zero-order chi connectivity index (χ0) is 20.5. The lowest BCUT2D eigenvalue weighted by Crippen LogP contribution is -2.55. The van der Waals surface area contributed by atoms with Crippen LogP contribution in [0.15, 0.2) is 24.3 Å². The lowest BCUT2D eigenvalue weighted by atomic mass is 10.1. The highest BCUT2D eigenvalue weighted by molar-refractivity contribution is 8.16. The Kier molecular flexibility index (Phi) is 9.31. The lowest BCUT2D eigenvalue weighted by molar-refractivity contribution is -0.136. The van der Waals surface area contributed by atoms with Crippen molar-refractivity contribution >= 4 is 41.0 Å². The molecule has 1 unspecified atom stereocenters. The number of piperazine rings is 1. The molecule has 156 valence electrons. The molecule has 1 aromatic rings. The van der Waals surface area contributed by atoms with Crippen LogP contribution in [0.3, 0.4) is 0 Å². The Bertz CT molecular complexity index is 647. The van der Waals surface area contributed by atoms with Crippen LogP contribution in [-0.2, 0) is 9.59 Å². The highest BCUT2D eigenvalue weighted by Crippen LogP contribution is 2.29. The number of amides is 2. The molecule has 1 fully saturated rings. The Morgan fingerprint density at radius 1 is 1.14 bits per heavy atom. The average Bonchev–Trinajstić information content (AvgIpc) is 2.71. The molecule has 1 aromatic carbocycles. The highest BCUT2D eigenvalue weighted by Gasteiger charge is 2.30. The van der Waals surface area contributed by atoms with E-state index >= 15 is 0 Å². The van der Waals surface area contributed by atoms with Crippen molar-refractivity contribution in [3.63, 3.8) is 0 Å². The van der Waals surface area contributed by atoms with Crippen molar-refractivity contribution < 1.29 is 14.3 Å². The van der Waals surface area contributed by atoms with E-state index in [1.165, 1.54) is 6.92 Å². The molecule has 0 aliphatic carbocycles. The van der Waals surface area contributed by atoms with Crippen LogP contribution in [0.4, 0.5) is 5.69 Å². The van der Waals surface area contributed by atoms with Crippen LogP contribution in [-0.4, -0.2) is 72.6 Å². The molecule has 0 saturated carbocycles. The predicted octanol–water partition coefficient (Wildman–Crippen LogP) is 2.68. The summed E-state index contributed by atoms with van der Waals surface area (Å²) in [5, 5.41) is 2.85. The van der Waals surface area contributed by atoms with Gasteiger partial charge in [-0.25, -0.2) is 0 Å². The number of hydrogen-bond donors (Lipinski definition) is 1. The Morgan fingerprint density at radius 3 is 2.36 bits per heavy atom. The molecule has 0 spiro atoms. The van der Waals surface area contributed by atoms with Crippen LogP contribution in [0.5, 0.6) is 5.75 Å². The fourth-order valence-electron chi connectivity index (χ4n) is 3.33. The fraction of sp³-hybridized carbons (Fsp3) is 0.600. The van der Waals surface area contributed by atoms with Gasteiger partial charge in [0.05, 0.1) is 16.9 Å². The summed E-state index contributed by atoms with van der Waals surface area (Å²) in [6, 6.07) is 7.55. The summed E-state index contributed by atoms with van der Waals surface area (Å²) in [6.45, 7) is 6.84. The average molecular weight is 426 g/mol. The minimum atomic E-state index is -0.468. The fourth-order valence-corrected chi connectivity index (χ4v) is 4.87. The number of thioether (sulfide) groups is 2. The van der Waals surface area contributed by atoms with E-state index in [0.29, 0.717) is 26.1 Å². The number of rotatable bonds is 9. The lowest BCUT2D eigenvalue weighted by Gasteiger charge is -2.38. The van der Waals surface area contributed by atoms with Gasteiger partial charge in [-0.3, -0.25) is 9.59 Å². The van der Waals surface area contributed by atoms with Gasteiger partial charge in [0.2, 0.25) is 11.8 Å². The van der Waals surface area contributed by atoms with Crippen LogP contribution >= 0.6 is 23.5 Å². The molecular formula is C20H31N3O3S2. The number of ether oxygens (including phenoxy) is 1. The first-order valence-electron chi connectivity index (χ1n) is 9.58. The van der Waals surface area contributed by atoms with E-state index in [2.05, 4.69) is 16.3 Å². The molecule has 2 rings (SSSR count). The second kappa shape index (κ2) is 11.5.